The molecule has 21 nitrogen and oxygen atoms in total. The van der Waals surface area contributed by atoms with Gasteiger partial charge in [-0.15, -0.1) is 32.9 Å². The normalized spacial score (nSPS) is 13.0. The molecule has 2 N–H and O–H groups in total. The van der Waals surface area contributed by atoms with E-state index in [4.69, 9.17) is 67.5 Å². The molecule has 1 heterocycles. The predicted molar refractivity (Wildman–Crippen MR) is 415 cm³/mol. The molecule has 0 bridgehead atoms. The third kappa shape index (κ3) is 107. The summed E-state index contributed by atoms with van der Waals surface area (Å²) in [6.45, 7) is 71.2. The summed E-state index contributed by atoms with van der Waals surface area (Å²) in [5.41, 5.74) is 0.969. The van der Waals surface area contributed by atoms with Crippen LogP contribution in [0.15, 0.2) is 63.3 Å². The Bertz CT molecular complexity index is 2030. The third-order valence-electron chi connectivity index (χ3n) is 10.9. The molecule has 0 aromatic carbocycles. The van der Waals surface area contributed by atoms with Crippen LogP contribution < -0.4 is 5.90 Å². The number of esters is 6. The van der Waals surface area contributed by atoms with Gasteiger partial charge < -0.3 is 66.4 Å². The SMILES string of the molecule is C.C.C=CCC(=O)OCC(COC(=O)CC=C)OCC(C)(C)C.C=CCCC(=O)OCC(C)(C)C.C=CCCC(=O)OCCC(C)(C)C.C=CCOCC(C)(C)C.CC(C)(C)COCC1CO1.CCCC(=O)OCC(COC(=O)CCS)OCC(C)(C)C.COCC(CON)OCC(C)(C)C. The predicted octanol–water partition coefficient (Wildman–Crippen LogP) is 16.7. The molecular formula is C79H153NO20S. The van der Waals surface area contributed by atoms with Crippen molar-refractivity contribution in [3.63, 3.8) is 0 Å². The summed E-state index contributed by atoms with van der Waals surface area (Å²) in [5.74, 6) is 3.80. The average molecular weight is 1470 g/mol. The second-order valence-electron chi connectivity index (χ2n) is 32.0. The minimum absolute atomic E-state index is 0. The summed E-state index contributed by atoms with van der Waals surface area (Å²) in [7, 11) is 1.63. The molecule has 1 saturated heterocycles. The summed E-state index contributed by atoms with van der Waals surface area (Å²) in [6, 6.07) is 0. The maximum absolute atomic E-state index is 11.4. The Labute approximate surface area is 622 Å². The van der Waals surface area contributed by atoms with Crippen molar-refractivity contribution < 1.29 is 95.2 Å². The molecule has 1 fully saturated rings. The van der Waals surface area contributed by atoms with E-state index in [9.17, 15) is 28.8 Å². The lowest BCUT2D eigenvalue weighted by Gasteiger charge is -2.24. The Morgan fingerprint density at radius 2 is 0.792 bits per heavy atom. The molecular weight excluding hydrogens is 1310 g/mol. The fourth-order valence-corrected chi connectivity index (χ4v) is 6.01. The molecule has 1 aliphatic rings. The second-order valence-corrected chi connectivity index (χ2v) is 32.5. The highest BCUT2D eigenvalue weighted by molar-refractivity contribution is 7.80. The van der Waals surface area contributed by atoms with Gasteiger partial charge in [-0.05, 0) is 63.6 Å². The number of rotatable bonds is 41. The summed E-state index contributed by atoms with van der Waals surface area (Å²) < 4.78 is 67.9. The van der Waals surface area contributed by atoms with Crippen LogP contribution in [0.1, 0.15) is 231 Å². The molecule has 3 atom stereocenters. The molecule has 22 heteroatoms. The van der Waals surface area contributed by atoms with Gasteiger partial charge in [0.2, 0.25) is 0 Å². The fraction of sp³-hybridized carbons (Fsp3) is 0.797. The lowest BCUT2D eigenvalue weighted by atomic mass is 9.93. The van der Waals surface area contributed by atoms with Gasteiger partial charge in [-0.3, -0.25) is 28.8 Å². The highest BCUT2D eigenvalue weighted by atomic mass is 32.1. The minimum Gasteiger partial charge on any atom is -0.466 e. The van der Waals surface area contributed by atoms with E-state index in [0.717, 1.165) is 39.3 Å². The molecule has 101 heavy (non-hydrogen) atoms. The van der Waals surface area contributed by atoms with Crippen molar-refractivity contribution in [1.82, 2.24) is 0 Å². The molecule has 0 aliphatic carbocycles. The number of methoxy groups -OCH3 is 1. The maximum Gasteiger partial charge on any atom is 0.309 e. The first-order valence-corrected chi connectivity index (χ1v) is 35.3. The maximum atomic E-state index is 11.4. The third-order valence-corrected chi connectivity index (χ3v) is 11.1. The molecule has 0 amide bonds. The molecule has 0 radical (unpaired) electrons. The van der Waals surface area contributed by atoms with E-state index in [1.807, 2.05) is 69.2 Å². The van der Waals surface area contributed by atoms with Crippen LogP contribution in [-0.4, -0.2) is 179 Å². The molecule has 0 spiro atoms. The monoisotopic (exact) mass is 1470 g/mol. The summed E-state index contributed by atoms with van der Waals surface area (Å²) in [5, 5.41) is 0. The summed E-state index contributed by atoms with van der Waals surface area (Å²) in [6.07, 6.45) is 12.4. The second kappa shape index (κ2) is 66.2. The van der Waals surface area contributed by atoms with Crippen molar-refractivity contribution >= 4 is 48.4 Å². The average Bonchev–Trinajstić information content (AvgIpc) is 1.92. The largest absolute Gasteiger partial charge is 0.466 e. The van der Waals surface area contributed by atoms with Crippen molar-refractivity contribution in [2.45, 2.75) is 256 Å². The zero-order chi connectivity index (χ0) is 77.8. The highest BCUT2D eigenvalue weighted by Crippen LogP contribution is 2.20. The zero-order valence-electron chi connectivity index (χ0n) is 66.5. The van der Waals surface area contributed by atoms with Gasteiger partial charge in [0.15, 0.2) is 0 Å². The zero-order valence-corrected chi connectivity index (χ0v) is 67.4. The van der Waals surface area contributed by atoms with Crippen LogP contribution in [0.4, 0.5) is 0 Å². The first-order valence-electron chi connectivity index (χ1n) is 34.6. The van der Waals surface area contributed by atoms with Gasteiger partial charge in [-0.2, -0.15) is 12.6 Å². The van der Waals surface area contributed by atoms with E-state index >= 15 is 0 Å². The van der Waals surface area contributed by atoms with Crippen LogP contribution >= 0.6 is 12.6 Å². The number of carbonyl (C=O) groups excluding carboxylic acids is 6. The van der Waals surface area contributed by atoms with Gasteiger partial charge in [-0.25, -0.2) is 5.90 Å². The van der Waals surface area contributed by atoms with Crippen LogP contribution in [0, 0.1) is 37.9 Å². The first kappa shape index (κ1) is 112. The van der Waals surface area contributed by atoms with Crippen LogP contribution in [0.2, 0.25) is 0 Å². The number of carbonyl (C=O) groups is 6. The Hall–Kier alpha value is -4.49. The van der Waals surface area contributed by atoms with E-state index in [0.29, 0.717) is 96.8 Å². The molecule has 1 rings (SSSR count). The number of nitrogens with two attached hydrogens (primary N) is 1. The molecule has 0 saturated carbocycles. The van der Waals surface area contributed by atoms with Crippen molar-refractivity contribution in [2.24, 2.45) is 43.8 Å². The van der Waals surface area contributed by atoms with E-state index in [2.05, 4.69) is 133 Å². The topological polar surface area (TPSA) is 261 Å². The van der Waals surface area contributed by atoms with E-state index < -0.39 is 12.2 Å². The number of ether oxygens (including phenoxy) is 13. The fourth-order valence-electron chi connectivity index (χ4n) is 5.83. The highest BCUT2D eigenvalue weighted by Gasteiger charge is 2.25. The lowest BCUT2D eigenvalue weighted by Crippen LogP contribution is -2.31. The van der Waals surface area contributed by atoms with Crippen molar-refractivity contribution in [2.75, 3.05) is 119 Å². The van der Waals surface area contributed by atoms with Crippen LogP contribution in [0.5, 0.6) is 0 Å². The van der Waals surface area contributed by atoms with Crippen LogP contribution in [-0.2, 0) is 95.2 Å². The quantitative estimate of drug-likeness (QED) is 0.0110. The molecule has 0 aromatic rings. The van der Waals surface area contributed by atoms with Crippen molar-refractivity contribution in [1.29, 1.82) is 0 Å². The van der Waals surface area contributed by atoms with Crippen LogP contribution in [0.25, 0.3) is 0 Å². The van der Waals surface area contributed by atoms with E-state index in [-0.39, 0.29) is 140 Å². The van der Waals surface area contributed by atoms with Gasteiger partial charge in [-0.1, -0.05) is 198 Å². The first-order chi connectivity index (χ1) is 45.6. The van der Waals surface area contributed by atoms with Crippen molar-refractivity contribution in [3.05, 3.63) is 63.3 Å². The lowest BCUT2D eigenvalue weighted by molar-refractivity contribution is -0.157. The molecule has 0 aromatic heterocycles. The number of hydrogen-bond donors (Lipinski definition) is 2. The van der Waals surface area contributed by atoms with Gasteiger partial charge in [0.05, 0.1) is 98.5 Å². The number of hydrogen-bond acceptors (Lipinski definition) is 22. The van der Waals surface area contributed by atoms with Crippen molar-refractivity contribution in [3.8, 4) is 0 Å². The summed E-state index contributed by atoms with van der Waals surface area (Å²) >= 11 is 3.97. The summed E-state index contributed by atoms with van der Waals surface area (Å²) in [4.78, 5) is 71.9. The van der Waals surface area contributed by atoms with Gasteiger partial charge in [0, 0.05) is 32.1 Å². The Morgan fingerprint density at radius 1 is 0.446 bits per heavy atom. The number of thiol groups is 1. The standard InChI is InChI=1S/C16H26O5.C15H28O5S.C11H20O2.C10H18O2.C9H21NO3.C8H16O2.C8H16O.2CH4/c1-6-8-14(17)19-10-13(21-12-16(3,4)5)11-20-15(18)9-7-2;1-5-6-13(16)18-9-12(20-11-15(2,3)4)10-19-14(17)7-8-21;1-5-6-7-10(12)13-9-8-11(2,3)4;1-5-6-7-9(11)12-8-10(2,3)4;1-9(2,3)7-12-8(5-11-4)6-13-10;1-8(2,3)6-9-4-7-5-10-7;1-5-6-9-7-8(2,3)4;;/h6-7,13H,1-2,8-12H2,3-5H3;12,21H,5-11H2,1-4H3;5H,1,6-9H2,2-4H3;5H,1,6-8H2,2-4H3;8H,5-7,10H2,1-4H3;7H,4-6H2,1-3H3;5H,1,6-7H2,2-4H3;2*1H4. The Kier molecular flexibility index (Phi) is 73.7. The number of epoxide rings is 1. The van der Waals surface area contributed by atoms with Gasteiger partial charge in [0.1, 0.15) is 50.8 Å². The number of allylic oxidation sites excluding steroid dienone is 2. The van der Waals surface area contributed by atoms with Gasteiger partial charge in [0.25, 0.3) is 0 Å². The molecule has 3 unspecified atom stereocenters. The Morgan fingerprint density at radius 3 is 1.10 bits per heavy atom. The van der Waals surface area contributed by atoms with E-state index in [1.165, 1.54) is 12.2 Å². The Balaban J connectivity index is -0.000000169. The molecule has 600 valence electrons. The van der Waals surface area contributed by atoms with E-state index in [1.54, 1.807) is 25.3 Å². The van der Waals surface area contributed by atoms with Gasteiger partial charge >= 0.3 is 35.8 Å². The minimum atomic E-state index is -0.480. The smallest absolute Gasteiger partial charge is 0.309 e. The van der Waals surface area contributed by atoms with Crippen LogP contribution in [0.3, 0.4) is 0 Å². The molecule has 1 aliphatic heterocycles.